The molecule has 0 aromatic carbocycles. The molecule has 0 bridgehead atoms. The first-order chi connectivity index (χ1) is 7.29. The Labute approximate surface area is 99.8 Å². The van der Waals surface area contributed by atoms with E-state index >= 15 is 0 Å². The van der Waals surface area contributed by atoms with Crippen molar-refractivity contribution in [3.63, 3.8) is 0 Å². The molecule has 16 heavy (non-hydrogen) atoms. The summed E-state index contributed by atoms with van der Waals surface area (Å²) in [5.41, 5.74) is 0.456. The van der Waals surface area contributed by atoms with Gasteiger partial charge in [-0.2, -0.15) is 5.26 Å². The van der Waals surface area contributed by atoms with E-state index in [9.17, 15) is 0 Å². The predicted molar refractivity (Wildman–Crippen MR) is 67.2 cm³/mol. The molecule has 0 aromatic heterocycles. The van der Waals surface area contributed by atoms with E-state index in [-0.39, 0.29) is 11.1 Å². The number of nitrogens with one attached hydrogen (secondary N) is 1. The van der Waals surface area contributed by atoms with Crippen molar-refractivity contribution in [3.05, 3.63) is 0 Å². The molecule has 1 saturated heterocycles. The molecular formula is C13H25N3. The van der Waals surface area contributed by atoms with Crippen molar-refractivity contribution in [2.24, 2.45) is 0 Å². The van der Waals surface area contributed by atoms with E-state index in [0.29, 0.717) is 12.5 Å². The van der Waals surface area contributed by atoms with Crippen molar-refractivity contribution < 1.29 is 0 Å². The minimum absolute atomic E-state index is 0.228. The van der Waals surface area contributed by atoms with Gasteiger partial charge in [0.2, 0.25) is 0 Å². The summed E-state index contributed by atoms with van der Waals surface area (Å²) in [6.07, 6.45) is 2.91. The normalized spacial score (nSPS) is 25.2. The van der Waals surface area contributed by atoms with Gasteiger partial charge in [-0.15, -0.1) is 0 Å². The summed E-state index contributed by atoms with van der Waals surface area (Å²) >= 11 is 0. The summed E-state index contributed by atoms with van der Waals surface area (Å²) in [5, 5.41) is 12.1. The quantitative estimate of drug-likeness (QED) is 0.745. The molecule has 0 aromatic rings. The first kappa shape index (κ1) is 13.5. The molecule has 0 aliphatic carbocycles. The fraction of sp³-hybridized carbons (Fsp3) is 0.923. The number of hydrogen-bond acceptors (Lipinski definition) is 3. The summed E-state index contributed by atoms with van der Waals surface area (Å²) in [7, 11) is 2.21. The van der Waals surface area contributed by atoms with Crippen LogP contribution in [-0.2, 0) is 0 Å². The van der Waals surface area contributed by atoms with E-state index in [1.807, 2.05) is 0 Å². The maximum atomic E-state index is 8.54. The van der Waals surface area contributed by atoms with Crippen LogP contribution in [0.5, 0.6) is 0 Å². The zero-order valence-electron chi connectivity index (χ0n) is 11.3. The fourth-order valence-corrected chi connectivity index (χ4v) is 2.85. The third kappa shape index (κ3) is 2.96. The Morgan fingerprint density at radius 3 is 2.19 bits per heavy atom. The minimum Gasteiger partial charge on any atom is -0.313 e. The minimum atomic E-state index is 0.228. The Morgan fingerprint density at radius 2 is 1.75 bits per heavy atom. The van der Waals surface area contributed by atoms with Crippen molar-refractivity contribution in [1.82, 2.24) is 10.2 Å². The third-order valence-electron chi connectivity index (χ3n) is 3.98. The SMILES string of the molecule is CN1C(C)(C)CC(NCCC#N)CC1(C)C. The molecule has 1 aliphatic heterocycles. The highest BCUT2D eigenvalue weighted by molar-refractivity contribution is 5.00. The van der Waals surface area contributed by atoms with Gasteiger partial charge in [-0.1, -0.05) is 0 Å². The average molecular weight is 223 g/mol. The van der Waals surface area contributed by atoms with E-state index in [2.05, 4.69) is 51.0 Å². The van der Waals surface area contributed by atoms with Gasteiger partial charge in [-0.3, -0.25) is 4.90 Å². The Hall–Kier alpha value is -0.590. The maximum Gasteiger partial charge on any atom is 0.0635 e. The Balaban J connectivity index is 2.61. The van der Waals surface area contributed by atoms with Crippen LogP contribution >= 0.6 is 0 Å². The van der Waals surface area contributed by atoms with E-state index in [4.69, 9.17) is 5.26 Å². The summed E-state index contributed by atoms with van der Waals surface area (Å²) in [6, 6.07) is 2.72. The fourth-order valence-electron chi connectivity index (χ4n) is 2.85. The smallest absolute Gasteiger partial charge is 0.0635 e. The predicted octanol–water partition coefficient (Wildman–Crippen LogP) is 2.14. The molecule has 1 rings (SSSR count). The average Bonchev–Trinajstić information content (AvgIpc) is 2.14. The molecule has 1 fully saturated rings. The van der Waals surface area contributed by atoms with Gasteiger partial charge in [0.25, 0.3) is 0 Å². The first-order valence-electron chi connectivity index (χ1n) is 6.14. The molecule has 0 spiro atoms. The Bertz CT molecular complexity index is 257. The Morgan fingerprint density at radius 1 is 1.25 bits per heavy atom. The zero-order valence-corrected chi connectivity index (χ0v) is 11.3. The van der Waals surface area contributed by atoms with Gasteiger partial charge in [0.15, 0.2) is 0 Å². The van der Waals surface area contributed by atoms with Gasteiger partial charge >= 0.3 is 0 Å². The lowest BCUT2D eigenvalue weighted by molar-refractivity contribution is -0.0178. The molecule has 3 heteroatoms. The second-order valence-electron chi connectivity index (χ2n) is 6.15. The molecular weight excluding hydrogens is 198 g/mol. The van der Waals surface area contributed by atoms with Gasteiger partial charge < -0.3 is 5.32 Å². The number of nitriles is 1. The van der Waals surface area contributed by atoms with Gasteiger partial charge in [0, 0.05) is 30.1 Å². The number of piperidine rings is 1. The van der Waals surface area contributed by atoms with E-state index in [0.717, 1.165) is 19.4 Å². The highest BCUT2D eigenvalue weighted by atomic mass is 15.2. The van der Waals surface area contributed by atoms with Crippen molar-refractivity contribution >= 4 is 0 Å². The number of hydrogen-bond donors (Lipinski definition) is 1. The van der Waals surface area contributed by atoms with E-state index < -0.39 is 0 Å². The van der Waals surface area contributed by atoms with Crippen LogP contribution in [0.3, 0.4) is 0 Å². The molecule has 3 nitrogen and oxygen atoms in total. The summed E-state index contributed by atoms with van der Waals surface area (Å²) < 4.78 is 0. The largest absolute Gasteiger partial charge is 0.313 e. The third-order valence-corrected chi connectivity index (χ3v) is 3.98. The topological polar surface area (TPSA) is 39.1 Å². The molecule has 92 valence electrons. The van der Waals surface area contributed by atoms with Crippen LogP contribution in [0, 0.1) is 11.3 Å². The summed E-state index contributed by atoms with van der Waals surface area (Å²) in [4.78, 5) is 2.47. The lowest BCUT2D eigenvalue weighted by Gasteiger charge is -2.53. The first-order valence-corrected chi connectivity index (χ1v) is 6.14. The number of rotatable bonds is 3. The molecule has 0 saturated carbocycles. The Kier molecular flexibility index (Phi) is 3.98. The molecule has 0 unspecified atom stereocenters. The molecule has 0 atom stereocenters. The van der Waals surface area contributed by atoms with Crippen LogP contribution in [0.1, 0.15) is 47.0 Å². The van der Waals surface area contributed by atoms with Crippen molar-refractivity contribution in [3.8, 4) is 6.07 Å². The van der Waals surface area contributed by atoms with Gasteiger partial charge in [-0.25, -0.2) is 0 Å². The lowest BCUT2D eigenvalue weighted by atomic mass is 9.77. The second kappa shape index (κ2) is 4.73. The zero-order chi connectivity index (χ0) is 12.4. The highest BCUT2D eigenvalue weighted by Gasteiger charge is 2.42. The highest BCUT2D eigenvalue weighted by Crippen LogP contribution is 2.36. The van der Waals surface area contributed by atoms with E-state index in [1.165, 1.54) is 0 Å². The van der Waals surface area contributed by atoms with Crippen LogP contribution < -0.4 is 5.32 Å². The molecule has 0 radical (unpaired) electrons. The summed E-state index contributed by atoms with van der Waals surface area (Å²) in [6.45, 7) is 10.0. The maximum absolute atomic E-state index is 8.54. The van der Waals surface area contributed by atoms with Crippen molar-refractivity contribution in [2.45, 2.75) is 64.1 Å². The van der Waals surface area contributed by atoms with Gasteiger partial charge in [0.05, 0.1) is 6.07 Å². The van der Waals surface area contributed by atoms with Crippen LogP contribution in [-0.4, -0.2) is 35.6 Å². The van der Waals surface area contributed by atoms with Crippen LogP contribution in [0.15, 0.2) is 0 Å². The van der Waals surface area contributed by atoms with Gasteiger partial charge in [-0.05, 0) is 47.6 Å². The van der Waals surface area contributed by atoms with Crippen molar-refractivity contribution in [1.29, 1.82) is 5.26 Å². The van der Waals surface area contributed by atoms with E-state index in [1.54, 1.807) is 0 Å². The molecule has 1 aliphatic rings. The number of nitrogens with zero attached hydrogens (tertiary/aromatic N) is 2. The van der Waals surface area contributed by atoms with Gasteiger partial charge in [0.1, 0.15) is 0 Å². The monoisotopic (exact) mass is 223 g/mol. The van der Waals surface area contributed by atoms with Crippen LogP contribution in [0.4, 0.5) is 0 Å². The number of likely N-dealkylation sites (tertiary alicyclic amines) is 1. The molecule has 1 heterocycles. The standard InChI is InChI=1S/C13H25N3/c1-12(2)9-11(15-8-6-7-14)10-13(3,4)16(12)5/h11,15H,6,8-10H2,1-5H3. The second-order valence-corrected chi connectivity index (χ2v) is 6.15. The molecule has 1 N–H and O–H groups in total. The molecule has 0 amide bonds. The lowest BCUT2D eigenvalue weighted by Crippen LogP contribution is -2.62. The summed E-state index contributed by atoms with van der Waals surface area (Å²) in [5.74, 6) is 0. The van der Waals surface area contributed by atoms with Crippen LogP contribution in [0.25, 0.3) is 0 Å². The van der Waals surface area contributed by atoms with Crippen LogP contribution in [0.2, 0.25) is 0 Å². The van der Waals surface area contributed by atoms with Crippen molar-refractivity contribution in [2.75, 3.05) is 13.6 Å².